The third-order valence-corrected chi connectivity index (χ3v) is 4.91. The Morgan fingerprint density at radius 2 is 1.67 bits per heavy atom. The van der Waals surface area contributed by atoms with E-state index < -0.39 is 21.3 Å². The molecule has 0 fully saturated rings. The number of benzene rings is 2. The average molecular weight is 437 g/mol. The van der Waals surface area contributed by atoms with Crippen LogP contribution in [-0.2, 0) is 19.5 Å². The maximum Gasteiger partial charge on any atom is 0.317 e. The first-order chi connectivity index (χ1) is 14.0. The Morgan fingerprint density at radius 1 is 1.07 bits per heavy atom. The zero-order valence-corrected chi connectivity index (χ0v) is 18.1. The Balaban J connectivity index is 2.10. The molecule has 0 bridgehead atoms. The van der Waals surface area contributed by atoms with Crippen LogP contribution in [0, 0.1) is 4.91 Å². The second-order valence-corrected chi connectivity index (χ2v) is 9.24. The summed E-state index contributed by atoms with van der Waals surface area (Å²) in [6.07, 6.45) is 1.10. The summed E-state index contributed by atoms with van der Waals surface area (Å²) in [5.41, 5.74) is -0.969. The number of nitrogens with one attached hydrogen (secondary N) is 1. The van der Waals surface area contributed by atoms with Gasteiger partial charge in [0, 0.05) is 24.9 Å². The topological polar surface area (TPSA) is 111 Å². The van der Waals surface area contributed by atoms with Gasteiger partial charge in [0.1, 0.15) is 15.6 Å². The highest BCUT2D eigenvalue weighted by molar-refractivity contribution is 7.90. The summed E-state index contributed by atoms with van der Waals surface area (Å²) < 4.78 is 34.1. The van der Waals surface area contributed by atoms with Gasteiger partial charge in [-0.1, -0.05) is 12.1 Å². The fraction of sp³-hybridized carbons (Fsp3) is 0.350. The van der Waals surface area contributed by atoms with Gasteiger partial charge in [-0.05, 0) is 38.1 Å². The number of amides is 1. The molecular formula is C20H25N2O7S+. The molecule has 0 aliphatic rings. The fourth-order valence-corrected chi connectivity index (χ4v) is 2.84. The number of nitrogens with zero attached hydrogens (tertiary/aromatic N) is 1. The van der Waals surface area contributed by atoms with Crippen molar-refractivity contribution in [3.05, 3.63) is 53.4 Å². The first-order valence-electron chi connectivity index (χ1n) is 9.05. The lowest BCUT2D eigenvalue weighted by Crippen LogP contribution is -2.47. The van der Waals surface area contributed by atoms with Crippen molar-refractivity contribution in [2.75, 3.05) is 25.7 Å². The molecule has 2 aromatic carbocycles. The van der Waals surface area contributed by atoms with E-state index >= 15 is 0 Å². The highest BCUT2D eigenvalue weighted by Crippen LogP contribution is 2.34. The molecule has 0 aliphatic heterocycles. The van der Waals surface area contributed by atoms with Gasteiger partial charge >= 0.3 is 5.69 Å². The van der Waals surface area contributed by atoms with Crippen LogP contribution in [0.3, 0.4) is 0 Å². The standard InChI is InChI=1S/C20H24N2O7S/c1-20(2,19(23)21-13-14-30(4,25)26)29-18-8-6-5-7-17(18)28-16-11-9-15(10-12-16)22(24)27-3/h5-12H,13-14H2,1-4H3/p+1. The molecule has 9 nitrogen and oxygen atoms in total. The van der Waals surface area contributed by atoms with Gasteiger partial charge in [-0.25, -0.2) is 13.3 Å². The molecule has 0 saturated carbocycles. The van der Waals surface area contributed by atoms with E-state index in [0.29, 0.717) is 27.9 Å². The lowest BCUT2D eigenvalue weighted by atomic mass is 10.1. The van der Waals surface area contributed by atoms with Crippen molar-refractivity contribution in [2.24, 2.45) is 0 Å². The molecule has 2 aromatic rings. The molecule has 162 valence electrons. The van der Waals surface area contributed by atoms with Crippen molar-refractivity contribution in [2.45, 2.75) is 19.4 Å². The molecule has 0 spiro atoms. The van der Waals surface area contributed by atoms with Gasteiger partial charge in [0.25, 0.3) is 10.8 Å². The van der Waals surface area contributed by atoms with E-state index in [1.54, 1.807) is 50.2 Å². The maximum atomic E-state index is 12.4. The Bertz CT molecular complexity index is 1000. The predicted molar refractivity (Wildman–Crippen MR) is 111 cm³/mol. The molecule has 0 heterocycles. The molecule has 30 heavy (non-hydrogen) atoms. The zero-order valence-electron chi connectivity index (χ0n) is 17.2. The molecule has 0 atom stereocenters. The van der Waals surface area contributed by atoms with Gasteiger partial charge < -0.3 is 14.8 Å². The van der Waals surface area contributed by atoms with Crippen molar-refractivity contribution < 1.29 is 32.4 Å². The summed E-state index contributed by atoms with van der Waals surface area (Å²) in [6.45, 7) is 3.14. The number of ether oxygens (including phenoxy) is 2. The lowest BCUT2D eigenvalue weighted by molar-refractivity contribution is -0.736. The second kappa shape index (κ2) is 9.57. The Hall–Kier alpha value is -3.14. The molecule has 1 amide bonds. The largest absolute Gasteiger partial charge is 0.474 e. The van der Waals surface area contributed by atoms with Crippen LogP contribution in [-0.4, -0.2) is 50.5 Å². The van der Waals surface area contributed by atoms with Crippen LogP contribution in [0.4, 0.5) is 5.69 Å². The molecule has 1 N–H and O–H groups in total. The fourth-order valence-electron chi connectivity index (χ4n) is 2.37. The van der Waals surface area contributed by atoms with Crippen molar-refractivity contribution in [1.29, 1.82) is 0 Å². The SMILES string of the molecule is CO[N+](=O)c1ccc(Oc2ccccc2OC(C)(C)C(=O)NCCS(C)(=O)=O)cc1. The Kier molecular flexibility index (Phi) is 7.38. The smallest absolute Gasteiger partial charge is 0.317 e. The summed E-state index contributed by atoms with van der Waals surface area (Å²) in [7, 11) is -1.91. The van der Waals surface area contributed by atoms with Crippen LogP contribution in [0.2, 0.25) is 0 Å². The number of hydrogen-bond acceptors (Lipinski definition) is 7. The van der Waals surface area contributed by atoms with Crippen LogP contribution in [0.25, 0.3) is 0 Å². The summed E-state index contributed by atoms with van der Waals surface area (Å²) in [6, 6.07) is 13.1. The van der Waals surface area contributed by atoms with E-state index in [9.17, 15) is 18.1 Å². The first kappa shape index (κ1) is 23.1. The molecule has 0 radical (unpaired) electrons. The molecule has 10 heteroatoms. The minimum atomic E-state index is -3.18. The van der Waals surface area contributed by atoms with Crippen LogP contribution in [0.15, 0.2) is 48.5 Å². The van der Waals surface area contributed by atoms with Crippen LogP contribution >= 0.6 is 0 Å². The van der Waals surface area contributed by atoms with Gasteiger partial charge in [-0.2, -0.15) is 0 Å². The van der Waals surface area contributed by atoms with E-state index in [1.165, 1.54) is 19.2 Å². The van der Waals surface area contributed by atoms with Crippen LogP contribution in [0.5, 0.6) is 17.2 Å². The van der Waals surface area contributed by atoms with Crippen molar-refractivity contribution in [3.8, 4) is 17.2 Å². The van der Waals surface area contributed by atoms with E-state index in [1.807, 2.05) is 0 Å². The molecule has 0 saturated heterocycles. The molecule has 0 unspecified atom stereocenters. The number of para-hydroxylation sites is 2. The van der Waals surface area contributed by atoms with Crippen molar-refractivity contribution in [1.82, 2.24) is 5.32 Å². The number of hydrogen-bond donors (Lipinski definition) is 1. The summed E-state index contributed by atoms with van der Waals surface area (Å²) in [5.74, 6) is 0.532. The van der Waals surface area contributed by atoms with Gasteiger partial charge in [0.05, 0.1) is 10.7 Å². The average Bonchev–Trinajstić information content (AvgIpc) is 2.68. The Morgan fingerprint density at radius 3 is 2.23 bits per heavy atom. The maximum absolute atomic E-state index is 12.4. The minimum Gasteiger partial charge on any atom is -0.474 e. The Labute approximate surface area is 175 Å². The number of carbonyl (C=O) groups is 1. The van der Waals surface area contributed by atoms with Gasteiger partial charge in [-0.3, -0.25) is 4.79 Å². The third-order valence-electron chi connectivity index (χ3n) is 3.96. The van der Waals surface area contributed by atoms with E-state index in [2.05, 4.69) is 10.2 Å². The van der Waals surface area contributed by atoms with Gasteiger partial charge in [-0.15, -0.1) is 0 Å². The highest BCUT2D eigenvalue weighted by atomic mass is 32.2. The zero-order chi connectivity index (χ0) is 22.4. The molecule has 0 aromatic heterocycles. The number of sulfone groups is 1. The second-order valence-electron chi connectivity index (χ2n) is 6.98. The van der Waals surface area contributed by atoms with Crippen molar-refractivity contribution in [3.63, 3.8) is 0 Å². The van der Waals surface area contributed by atoms with Gasteiger partial charge in [0.2, 0.25) is 0 Å². The summed E-state index contributed by atoms with van der Waals surface area (Å²) >= 11 is 0. The van der Waals surface area contributed by atoms with E-state index in [4.69, 9.17) is 9.47 Å². The molecule has 0 aliphatic carbocycles. The number of carbonyl (C=O) groups excluding carboxylic acids is 1. The van der Waals surface area contributed by atoms with Crippen LogP contribution < -0.4 is 14.8 Å². The monoisotopic (exact) mass is 437 g/mol. The summed E-state index contributed by atoms with van der Waals surface area (Å²) in [4.78, 5) is 28.8. The van der Waals surface area contributed by atoms with Crippen molar-refractivity contribution >= 4 is 21.4 Å². The summed E-state index contributed by atoms with van der Waals surface area (Å²) in [5, 5.41) is 2.56. The normalized spacial score (nSPS) is 11.5. The highest BCUT2D eigenvalue weighted by Gasteiger charge is 2.31. The first-order valence-corrected chi connectivity index (χ1v) is 11.1. The van der Waals surface area contributed by atoms with Crippen LogP contribution in [0.1, 0.15) is 13.8 Å². The van der Waals surface area contributed by atoms with Gasteiger partial charge in [0.15, 0.2) is 24.2 Å². The third kappa shape index (κ3) is 6.73. The van der Waals surface area contributed by atoms with E-state index in [0.717, 1.165) is 6.26 Å². The molecule has 2 rings (SSSR count). The molecular weight excluding hydrogens is 412 g/mol. The number of rotatable bonds is 10. The predicted octanol–water partition coefficient (Wildman–Crippen LogP) is 2.77. The minimum absolute atomic E-state index is 0.00679. The lowest BCUT2D eigenvalue weighted by Gasteiger charge is -2.26. The quantitative estimate of drug-likeness (QED) is 0.569. The van der Waals surface area contributed by atoms with E-state index in [-0.39, 0.29) is 12.3 Å².